The molecule has 0 amide bonds. The summed E-state index contributed by atoms with van der Waals surface area (Å²) in [5, 5.41) is 13.4. The van der Waals surface area contributed by atoms with E-state index in [4.69, 9.17) is 4.98 Å². The van der Waals surface area contributed by atoms with Gasteiger partial charge in [0.2, 0.25) is 0 Å². The lowest BCUT2D eigenvalue weighted by Crippen LogP contribution is -2.35. The largest absolute Gasteiger partial charge is 0.393 e. The van der Waals surface area contributed by atoms with Gasteiger partial charge in [0, 0.05) is 33.2 Å². The molecule has 1 aromatic heterocycles. The Labute approximate surface area is 167 Å². The number of fused-ring (bicyclic) bond motifs is 1. The fraction of sp³-hybridized carbons (Fsp3) is 0.435. The number of aryl methyl sites for hydroxylation is 1. The third kappa shape index (κ3) is 4.12. The monoisotopic (exact) mass is 378 g/mol. The molecule has 1 unspecified atom stereocenters. The van der Waals surface area contributed by atoms with Crippen LogP contribution in [0, 0.1) is 0 Å². The predicted octanol–water partition coefficient (Wildman–Crippen LogP) is 3.38. The fourth-order valence-corrected chi connectivity index (χ4v) is 4.11. The van der Waals surface area contributed by atoms with Crippen LogP contribution in [0.2, 0.25) is 0 Å². The Balaban J connectivity index is 1.43. The van der Waals surface area contributed by atoms with E-state index in [1.165, 1.54) is 16.6 Å². The van der Waals surface area contributed by atoms with Gasteiger partial charge in [-0.1, -0.05) is 36.4 Å². The molecule has 2 heterocycles. The summed E-state index contributed by atoms with van der Waals surface area (Å²) in [7, 11) is 2.08. The normalized spacial score (nSPS) is 17.2. The van der Waals surface area contributed by atoms with Crippen molar-refractivity contribution < 1.29 is 5.11 Å². The number of likely N-dealkylation sites (tertiary alicyclic amines) is 1. The lowest BCUT2D eigenvalue weighted by Gasteiger charge is -2.30. The maximum Gasteiger partial charge on any atom is 0.126 e. The smallest absolute Gasteiger partial charge is 0.126 e. The summed E-state index contributed by atoms with van der Waals surface area (Å²) < 4.78 is 2.18. The molecule has 0 bridgehead atoms. The summed E-state index contributed by atoms with van der Waals surface area (Å²) in [6.07, 6.45) is 1.64. The number of hydrogen-bond acceptors (Lipinski definition) is 4. The average Bonchev–Trinajstić information content (AvgIpc) is 3.06. The summed E-state index contributed by atoms with van der Waals surface area (Å²) in [6.45, 7) is 5.89. The fourth-order valence-electron chi connectivity index (χ4n) is 4.11. The molecule has 0 spiro atoms. The lowest BCUT2D eigenvalue weighted by atomic mass is 10.0. The highest BCUT2D eigenvalue weighted by atomic mass is 16.3. The van der Waals surface area contributed by atoms with Gasteiger partial charge < -0.3 is 15.0 Å². The van der Waals surface area contributed by atoms with E-state index in [9.17, 15) is 5.11 Å². The van der Waals surface area contributed by atoms with Gasteiger partial charge >= 0.3 is 0 Å². The van der Waals surface area contributed by atoms with Gasteiger partial charge in [-0.3, -0.25) is 4.90 Å². The Hall–Kier alpha value is -2.21. The minimum absolute atomic E-state index is 0.123. The van der Waals surface area contributed by atoms with Gasteiger partial charge in [0.05, 0.1) is 23.2 Å². The highest BCUT2D eigenvalue weighted by Gasteiger charge is 2.18. The molecule has 2 N–H and O–H groups in total. The molecule has 1 fully saturated rings. The van der Waals surface area contributed by atoms with Crippen molar-refractivity contribution in [2.75, 3.05) is 13.1 Å². The van der Waals surface area contributed by atoms with Crippen molar-refractivity contribution in [2.24, 2.45) is 7.05 Å². The van der Waals surface area contributed by atoms with Crippen molar-refractivity contribution in [3.63, 3.8) is 0 Å². The van der Waals surface area contributed by atoms with Crippen LogP contribution in [0.4, 0.5) is 0 Å². The first-order valence-corrected chi connectivity index (χ1v) is 10.2. The summed E-state index contributed by atoms with van der Waals surface area (Å²) in [5.41, 5.74) is 4.91. The van der Waals surface area contributed by atoms with Gasteiger partial charge in [0.15, 0.2) is 0 Å². The first-order chi connectivity index (χ1) is 13.6. The van der Waals surface area contributed by atoms with E-state index in [-0.39, 0.29) is 12.1 Å². The standard InChI is InChI=1S/C23H30N4O/c1-17(23-25-21-9-5-6-10-22(21)26(23)2)24-15-18-7-3-4-8-19(18)16-27-13-11-20(28)12-14-27/h3-10,17,20,24,28H,11-16H2,1-2H3. The molecule has 0 aliphatic carbocycles. The number of para-hydroxylation sites is 2. The number of aliphatic hydroxyl groups excluding tert-OH is 1. The SMILES string of the molecule is CC(NCc1ccccc1CN1CCC(O)CC1)c1nc2ccccc2n1C. The van der Waals surface area contributed by atoms with Gasteiger partial charge in [-0.2, -0.15) is 0 Å². The van der Waals surface area contributed by atoms with Crippen LogP contribution < -0.4 is 5.32 Å². The van der Waals surface area contributed by atoms with Crippen molar-refractivity contribution in [1.29, 1.82) is 0 Å². The third-order valence-corrected chi connectivity index (χ3v) is 5.88. The average molecular weight is 379 g/mol. The van der Waals surface area contributed by atoms with E-state index in [2.05, 4.69) is 71.2 Å². The van der Waals surface area contributed by atoms with Crippen molar-refractivity contribution >= 4 is 11.0 Å². The second kappa shape index (κ2) is 8.43. The molecule has 148 valence electrons. The molecule has 1 atom stereocenters. The number of nitrogens with zero attached hydrogens (tertiary/aromatic N) is 3. The Kier molecular flexibility index (Phi) is 5.76. The predicted molar refractivity (Wildman–Crippen MR) is 113 cm³/mol. The molecule has 4 rings (SSSR count). The molecule has 0 saturated carbocycles. The van der Waals surface area contributed by atoms with Crippen LogP contribution >= 0.6 is 0 Å². The molecule has 1 aliphatic heterocycles. The molecule has 28 heavy (non-hydrogen) atoms. The maximum absolute atomic E-state index is 9.73. The molecular formula is C23H30N4O. The number of rotatable bonds is 6. The maximum atomic E-state index is 9.73. The van der Waals surface area contributed by atoms with Gasteiger partial charge in [0.1, 0.15) is 5.82 Å². The Morgan fingerprint density at radius 2 is 1.75 bits per heavy atom. The summed E-state index contributed by atoms with van der Waals surface area (Å²) in [5.74, 6) is 1.06. The van der Waals surface area contributed by atoms with E-state index < -0.39 is 0 Å². The van der Waals surface area contributed by atoms with Gasteiger partial charge in [0.25, 0.3) is 0 Å². The second-order valence-corrected chi connectivity index (χ2v) is 7.90. The van der Waals surface area contributed by atoms with Crippen LogP contribution in [0.1, 0.15) is 42.8 Å². The molecule has 5 nitrogen and oxygen atoms in total. The first-order valence-electron chi connectivity index (χ1n) is 10.2. The zero-order chi connectivity index (χ0) is 19.5. The van der Waals surface area contributed by atoms with Gasteiger partial charge in [-0.25, -0.2) is 4.98 Å². The number of imidazole rings is 1. The van der Waals surface area contributed by atoms with E-state index >= 15 is 0 Å². The number of piperidine rings is 1. The van der Waals surface area contributed by atoms with Crippen molar-refractivity contribution in [3.8, 4) is 0 Å². The molecule has 2 aromatic carbocycles. The summed E-state index contributed by atoms with van der Waals surface area (Å²) in [4.78, 5) is 7.26. The molecular weight excluding hydrogens is 348 g/mol. The second-order valence-electron chi connectivity index (χ2n) is 7.90. The van der Waals surface area contributed by atoms with E-state index in [0.717, 1.165) is 50.4 Å². The molecule has 3 aromatic rings. The van der Waals surface area contributed by atoms with Crippen molar-refractivity contribution in [2.45, 2.75) is 45.0 Å². The number of hydrogen-bond donors (Lipinski definition) is 2. The van der Waals surface area contributed by atoms with Crippen molar-refractivity contribution in [1.82, 2.24) is 19.8 Å². The number of benzene rings is 2. The van der Waals surface area contributed by atoms with Crippen LogP contribution in [0.3, 0.4) is 0 Å². The summed E-state index contributed by atoms with van der Waals surface area (Å²) in [6, 6.07) is 17.1. The van der Waals surface area contributed by atoms with Crippen LogP contribution in [0.15, 0.2) is 48.5 Å². The minimum atomic E-state index is -0.123. The van der Waals surface area contributed by atoms with Crippen LogP contribution in [0.25, 0.3) is 11.0 Å². The molecule has 1 aliphatic rings. The molecule has 5 heteroatoms. The van der Waals surface area contributed by atoms with Crippen LogP contribution in [-0.4, -0.2) is 38.8 Å². The third-order valence-electron chi connectivity index (χ3n) is 5.88. The Morgan fingerprint density at radius 1 is 1.07 bits per heavy atom. The zero-order valence-corrected chi connectivity index (χ0v) is 16.8. The van der Waals surface area contributed by atoms with Gasteiger partial charge in [-0.15, -0.1) is 0 Å². The lowest BCUT2D eigenvalue weighted by molar-refractivity contribution is 0.0791. The van der Waals surface area contributed by atoms with Crippen LogP contribution in [-0.2, 0) is 20.1 Å². The minimum Gasteiger partial charge on any atom is -0.393 e. The number of aliphatic hydroxyl groups is 1. The number of nitrogens with one attached hydrogen (secondary N) is 1. The van der Waals surface area contributed by atoms with E-state index in [0.29, 0.717) is 0 Å². The Morgan fingerprint density at radius 3 is 2.50 bits per heavy atom. The topological polar surface area (TPSA) is 53.3 Å². The van der Waals surface area contributed by atoms with E-state index in [1.54, 1.807) is 0 Å². The highest BCUT2D eigenvalue weighted by Crippen LogP contribution is 2.21. The number of aromatic nitrogens is 2. The summed E-state index contributed by atoms with van der Waals surface area (Å²) >= 11 is 0. The Bertz CT molecular complexity index is 927. The first kappa shape index (κ1) is 19.1. The molecule has 1 saturated heterocycles. The molecule has 0 radical (unpaired) electrons. The van der Waals surface area contributed by atoms with Crippen molar-refractivity contribution in [3.05, 3.63) is 65.5 Å². The highest BCUT2D eigenvalue weighted by molar-refractivity contribution is 5.75. The van der Waals surface area contributed by atoms with Gasteiger partial charge in [-0.05, 0) is 43.0 Å². The van der Waals surface area contributed by atoms with E-state index in [1.807, 2.05) is 6.07 Å². The van der Waals surface area contributed by atoms with Crippen LogP contribution in [0.5, 0.6) is 0 Å². The zero-order valence-electron chi connectivity index (χ0n) is 16.8. The quantitative estimate of drug-likeness (QED) is 0.690.